The molecule has 0 N–H and O–H groups in total. The zero-order valence-corrected chi connectivity index (χ0v) is 17.2. The number of nitrogens with zero attached hydrogens (tertiary/aromatic N) is 4. The standard InChI is InChI=1S/C22H28N4O2/c1-5-26-19(16-9-7-6-8-10-16)13-18(24-26)21-23-22(28-25-21)17-11-14(2)20(27-4)15(3)12-17/h11-13,16H,5-10H2,1-4H3. The lowest BCUT2D eigenvalue weighted by atomic mass is 9.87. The molecule has 0 atom stereocenters. The second-order valence-electron chi connectivity index (χ2n) is 7.67. The van der Waals surface area contributed by atoms with E-state index in [4.69, 9.17) is 14.4 Å². The van der Waals surface area contributed by atoms with Gasteiger partial charge in [-0.15, -0.1) is 0 Å². The van der Waals surface area contributed by atoms with E-state index >= 15 is 0 Å². The van der Waals surface area contributed by atoms with Crippen molar-refractivity contribution in [2.75, 3.05) is 7.11 Å². The van der Waals surface area contributed by atoms with Gasteiger partial charge in [0.15, 0.2) is 0 Å². The predicted octanol–water partition coefficient (Wildman–Crippen LogP) is 5.29. The van der Waals surface area contributed by atoms with Crippen LogP contribution in [0.15, 0.2) is 22.7 Å². The molecule has 28 heavy (non-hydrogen) atoms. The van der Waals surface area contributed by atoms with Crippen LogP contribution in [0.25, 0.3) is 23.0 Å². The van der Waals surface area contributed by atoms with Crippen LogP contribution in [-0.2, 0) is 6.54 Å². The zero-order chi connectivity index (χ0) is 19.7. The molecule has 1 aromatic carbocycles. The molecule has 0 amide bonds. The first-order valence-electron chi connectivity index (χ1n) is 10.2. The van der Waals surface area contributed by atoms with Gasteiger partial charge in [0.05, 0.1) is 7.11 Å². The number of ether oxygens (including phenoxy) is 1. The molecule has 6 heteroatoms. The Morgan fingerprint density at radius 2 is 1.82 bits per heavy atom. The summed E-state index contributed by atoms with van der Waals surface area (Å²) in [4.78, 5) is 4.63. The Bertz CT molecular complexity index is 944. The van der Waals surface area contributed by atoms with Crippen molar-refractivity contribution in [3.63, 3.8) is 0 Å². The molecule has 4 rings (SSSR count). The van der Waals surface area contributed by atoms with Gasteiger partial charge in [-0.1, -0.05) is 24.4 Å². The minimum Gasteiger partial charge on any atom is -0.496 e. The third-order valence-electron chi connectivity index (χ3n) is 5.70. The van der Waals surface area contributed by atoms with Crippen molar-refractivity contribution < 1.29 is 9.26 Å². The van der Waals surface area contributed by atoms with Gasteiger partial charge in [-0.25, -0.2) is 0 Å². The minimum atomic E-state index is 0.508. The highest BCUT2D eigenvalue weighted by Crippen LogP contribution is 2.35. The zero-order valence-electron chi connectivity index (χ0n) is 17.2. The average Bonchev–Trinajstić information content (AvgIpc) is 3.35. The maximum atomic E-state index is 5.57. The molecule has 0 aliphatic heterocycles. The van der Waals surface area contributed by atoms with Crippen LogP contribution < -0.4 is 4.74 Å². The number of aromatic nitrogens is 4. The van der Waals surface area contributed by atoms with E-state index in [0.717, 1.165) is 34.7 Å². The molecule has 1 saturated carbocycles. The number of rotatable bonds is 5. The van der Waals surface area contributed by atoms with Crippen LogP contribution in [-0.4, -0.2) is 27.0 Å². The van der Waals surface area contributed by atoms with E-state index in [0.29, 0.717) is 17.6 Å². The lowest BCUT2D eigenvalue weighted by Gasteiger charge is -2.22. The second kappa shape index (κ2) is 7.78. The van der Waals surface area contributed by atoms with Gasteiger partial charge in [0.2, 0.25) is 5.82 Å². The third kappa shape index (κ3) is 3.43. The minimum absolute atomic E-state index is 0.508. The first-order chi connectivity index (χ1) is 13.6. The van der Waals surface area contributed by atoms with E-state index in [2.05, 4.69) is 27.8 Å². The van der Waals surface area contributed by atoms with Gasteiger partial charge in [-0.3, -0.25) is 4.68 Å². The first kappa shape index (κ1) is 18.7. The maximum absolute atomic E-state index is 5.57. The van der Waals surface area contributed by atoms with E-state index in [-0.39, 0.29) is 0 Å². The van der Waals surface area contributed by atoms with E-state index in [1.165, 1.54) is 37.8 Å². The monoisotopic (exact) mass is 380 g/mol. The van der Waals surface area contributed by atoms with E-state index in [1.54, 1.807) is 7.11 Å². The molecule has 0 spiro atoms. The maximum Gasteiger partial charge on any atom is 0.258 e. The lowest BCUT2D eigenvalue weighted by Crippen LogP contribution is -2.11. The normalized spacial score (nSPS) is 15.1. The molecule has 2 aromatic heterocycles. The fourth-order valence-electron chi connectivity index (χ4n) is 4.36. The lowest BCUT2D eigenvalue weighted by molar-refractivity contribution is 0.408. The van der Waals surface area contributed by atoms with Crippen molar-refractivity contribution >= 4 is 0 Å². The molecule has 0 saturated heterocycles. The topological polar surface area (TPSA) is 66.0 Å². The average molecular weight is 380 g/mol. The summed E-state index contributed by atoms with van der Waals surface area (Å²) in [7, 11) is 1.69. The van der Waals surface area contributed by atoms with Crippen molar-refractivity contribution in [3.8, 4) is 28.7 Å². The fourth-order valence-corrected chi connectivity index (χ4v) is 4.36. The number of hydrogen-bond acceptors (Lipinski definition) is 5. The number of aryl methyl sites for hydroxylation is 3. The molecular weight excluding hydrogens is 352 g/mol. The second-order valence-corrected chi connectivity index (χ2v) is 7.67. The molecule has 0 radical (unpaired) electrons. The van der Waals surface area contributed by atoms with Crippen molar-refractivity contribution in [2.45, 2.75) is 65.3 Å². The van der Waals surface area contributed by atoms with Gasteiger partial charge in [0.25, 0.3) is 5.89 Å². The molecule has 0 unspecified atom stereocenters. The van der Waals surface area contributed by atoms with Crippen molar-refractivity contribution in [2.24, 2.45) is 0 Å². The predicted molar refractivity (Wildman–Crippen MR) is 108 cm³/mol. The Morgan fingerprint density at radius 1 is 1.11 bits per heavy atom. The highest BCUT2D eigenvalue weighted by atomic mass is 16.5. The molecular formula is C22H28N4O2. The quantitative estimate of drug-likeness (QED) is 0.601. The Morgan fingerprint density at radius 3 is 2.46 bits per heavy atom. The third-order valence-corrected chi connectivity index (χ3v) is 5.70. The van der Waals surface area contributed by atoms with Gasteiger partial charge in [0.1, 0.15) is 11.4 Å². The molecule has 1 aliphatic carbocycles. The highest BCUT2D eigenvalue weighted by molar-refractivity contribution is 5.62. The molecule has 6 nitrogen and oxygen atoms in total. The summed E-state index contributed by atoms with van der Waals surface area (Å²) >= 11 is 0. The Hall–Kier alpha value is -2.63. The van der Waals surface area contributed by atoms with E-state index < -0.39 is 0 Å². The SMILES string of the molecule is CCn1nc(-c2noc(-c3cc(C)c(OC)c(C)c3)n2)cc1C1CCCCC1. The Balaban J connectivity index is 1.65. The largest absolute Gasteiger partial charge is 0.496 e. The van der Waals surface area contributed by atoms with Crippen molar-refractivity contribution in [3.05, 3.63) is 35.0 Å². The van der Waals surface area contributed by atoms with Crippen molar-refractivity contribution in [1.29, 1.82) is 0 Å². The summed E-state index contributed by atoms with van der Waals surface area (Å²) in [5.41, 5.74) is 5.09. The van der Waals surface area contributed by atoms with Crippen LogP contribution >= 0.6 is 0 Å². The smallest absolute Gasteiger partial charge is 0.258 e. The molecule has 3 aromatic rings. The molecule has 2 heterocycles. The van der Waals surface area contributed by atoms with E-state index in [9.17, 15) is 0 Å². The van der Waals surface area contributed by atoms with Gasteiger partial charge in [-0.05, 0) is 62.9 Å². The van der Waals surface area contributed by atoms with Gasteiger partial charge in [0, 0.05) is 23.7 Å². The molecule has 148 valence electrons. The number of methoxy groups -OCH3 is 1. The summed E-state index contributed by atoms with van der Waals surface area (Å²) in [6.45, 7) is 7.03. The van der Waals surface area contributed by atoms with Gasteiger partial charge < -0.3 is 9.26 Å². The van der Waals surface area contributed by atoms with Crippen molar-refractivity contribution in [1.82, 2.24) is 19.9 Å². The van der Waals surface area contributed by atoms with Crippen LogP contribution in [0.1, 0.15) is 61.8 Å². The summed E-state index contributed by atoms with van der Waals surface area (Å²) in [6.07, 6.45) is 6.44. The number of benzene rings is 1. The van der Waals surface area contributed by atoms with Crippen LogP contribution in [0.5, 0.6) is 5.75 Å². The summed E-state index contributed by atoms with van der Waals surface area (Å²) in [5.74, 6) is 2.54. The van der Waals surface area contributed by atoms with Crippen LogP contribution in [0.2, 0.25) is 0 Å². The van der Waals surface area contributed by atoms with Crippen LogP contribution in [0.4, 0.5) is 0 Å². The van der Waals surface area contributed by atoms with Gasteiger partial charge in [-0.2, -0.15) is 10.1 Å². The Kier molecular flexibility index (Phi) is 5.20. The molecule has 1 aliphatic rings. The fraction of sp³-hybridized carbons (Fsp3) is 0.500. The summed E-state index contributed by atoms with van der Waals surface area (Å²) < 4.78 is 13.1. The summed E-state index contributed by atoms with van der Waals surface area (Å²) in [5, 5.41) is 8.96. The number of hydrogen-bond donors (Lipinski definition) is 0. The first-order valence-corrected chi connectivity index (χ1v) is 10.2. The molecule has 0 bridgehead atoms. The highest BCUT2D eigenvalue weighted by Gasteiger charge is 2.23. The van der Waals surface area contributed by atoms with Gasteiger partial charge >= 0.3 is 0 Å². The van der Waals surface area contributed by atoms with E-state index in [1.807, 2.05) is 26.0 Å². The Labute approximate surface area is 165 Å². The van der Waals surface area contributed by atoms with Crippen LogP contribution in [0, 0.1) is 13.8 Å². The van der Waals surface area contributed by atoms with Crippen LogP contribution in [0.3, 0.4) is 0 Å². The summed E-state index contributed by atoms with van der Waals surface area (Å²) in [6, 6.07) is 6.18. The molecule has 1 fully saturated rings.